The van der Waals surface area contributed by atoms with Crippen molar-refractivity contribution in [2.24, 2.45) is 23.7 Å². The van der Waals surface area contributed by atoms with Crippen molar-refractivity contribution in [2.75, 3.05) is 24.5 Å². The minimum absolute atomic E-state index is 0.0511. The molecule has 2 aromatic carbocycles. The molecule has 2 unspecified atom stereocenters. The minimum Gasteiger partial charge on any atom is -0.481 e. The molecule has 1 saturated carbocycles. The number of hydrogen-bond donors (Lipinski definition) is 1. The van der Waals surface area contributed by atoms with Gasteiger partial charge in [-0.3, -0.25) is 9.59 Å². The van der Waals surface area contributed by atoms with Gasteiger partial charge in [0.25, 0.3) is 5.91 Å². The molecule has 2 aliphatic rings. The first-order valence-electron chi connectivity index (χ1n) is 14.4. The number of rotatable bonds is 9. The van der Waals surface area contributed by atoms with E-state index in [2.05, 4.69) is 28.8 Å². The van der Waals surface area contributed by atoms with Crippen LogP contribution in [0.3, 0.4) is 0 Å². The third-order valence-electron chi connectivity index (χ3n) is 8.58. The highest BCUT2D eigenvalue weighted by molar-refractivity contribution is 5.94. The Kier molecular flexibility index (Phi) is 7.35. The molecule has 0 bridgehead atoms. The van der Waals surface area contributed by atoms with Crippen molar-refractivity contribution in [3.8, 4) is 11.3 Å². The van der Waals surface area contributed by atoms with Crippen LogP contribution in [0.5, 0.6) is 0 Å². The second-order valence-electron chi connectivity index (χ2n) is 12.0. The summed E-state index contributed by atoms with van der Waals surface area (Å²) in [6, 6.07) is 14.7. The maximum atomic E-state index is 14.3. The molecule has 2 aromatic heterocycles. The van der Waals surface area contributed by atoms with Crippen LogP contribution in [0.25, 0.3) is 16.9 Å². The van der Waals surface area contributed by atoms with Crippen LogP contribution in [-0.2, 0) is 4.79 Å². The van der Waals surface area contributed by atoms with Gasteiger partial charge in [0.2, 0.25) is 0 Å². The van der Waals surface area contributed by atoms with E-state index in [1.165, 1.54) is 0 Å². The van der Waals surface area contributed by atoms with Crippen LogP contribution in [0.15, 0.2) is 54.6 Å². The molecule has 1 aliphatic carbocycles. The van der Waals surface area contributed by atoms with Gasteiger partial charge >= 0.3 is 5.97 Å². The van der Waals surface area contributed by atoms with Crippen molar-refractivity contribution in [2.45, 2.75) is 33.2 Å². The SMILES string of the molecule is CC(C)CN(c1cc(-c2cc(F)c(F)c(F)c2)nc2cc(C(=O)N3CC4C(CC(=O)O)[C@H]4C3)nn12)[C@@H](C)c1ccccc1. The number of halogens is 3. The number of carbonyl (C=O) groups excluding carboxylic acids is 1. The molecule has 6 rings (SSSR count). The van der Waals surface area contributed by atoms with E-state index in [0.717, 1.165) is 17.7 Å². The van der Waals surface area contributed by atoms with Gasteiger partial charge in [-0.25, -0.2) is 18.2 Å². The molecule has 224 valence electrons. The van der Waals surface area contributed by atoms with Gasteiger partial charge < -0.3 is 14.9 Å². The summed E-state index contributed by atoms with van der Waals surface area (Å²) in [4.78, 5) is 33.1. The number of benzene rings is 2. The number of piperidine rings is 1. The van der Waals surface area contributed by atoms with Crippen LogP contribution in [0.1, 0.15) is 49.3 Å². The highest BCUT2D eigenvalue weighted by Crippen LogP contribution is 2.53. The minimum atomic E-state index is -1.56. The van der Waals surface area contributed by atoms with E-state index < -0.39 is 23.4 Å². The lowest BCUT2D eigenvalue weighted by Crippen LogP contribution is -2.33. The zero-order valence-electron chi connectivity index (χ0n) is 24.0. The first kappa shape index (κ1) is 28.7. The summed E-state index contributed by atoms with van der Waals surface area (Å²) in [7, 11) is 0. The lowest BCUT2D eigenvalue weighted by molar-refractivity contribution is -0.137. The summed E-state index contributed by atoms with van der Waals surface area (Å²) in [5, 5.41) is 13.8. The normalized spacial score (nSPS) is 20.0. The number of fused-ring (bicyclic) bond motifs is 2. The fourth-order valence-electron chi connectivity index (χ4n) is 6.36. The van der Waals surface area contributed by atoms with Gasteiger partial charge in [0.15, 0.2) is 28.8 Å². The number of aliphatic carboxylic acids is 1. The summed E-state index contributed by atoms with van der Waals surface area (Å²) in [6.07, 6.45) is 0.109. The Hall–Kier alpha value is -4.41. The van der Waals surface area contributed by atoms with Gasteiger partial charge in [-0.05, 0) is 48.3 Å². The molecule has 1 aliphatic heterocycles. The average Bonchev–Trinajstić information content (AvgIpc) is 3.32. The van der Waals surface area contributed by atoms with E-state index in [1.807, 2.05) is 37.3 Å². The zero-order chi connectivity index (χ0) is 30.6. The van der Waals surface area contributed by atoms with E-state index in [9.17, 15) is 22.8 Å². The molecule has 11 heteroatoms. The highest BCUT2D eigenvalue weighted by Gasteiger charge is 2.57. The first-order chi connectivity index (χ1) is 20.5. The third kappa shape index (κ3) is 5.44. The predicted octanol–water partition coefficient (Wildman–Crippen LogP) is 5.83. The number of carboxylic acid groups (broad SMARTS) is 1. The van der Waals surface area contributed by atoms with Crippen LogP contribution >= 0.6 is 0 Å². The quantitative estimate of drug-likeness (QED) is 0.247. The highest BCUT2D eigenvalue weighted by atomic mass is 19.2. The molecule has 1 N–H and O–H groups in total. The maximum absolute atomic E-state index is 14.3. The third-order valence-corrected chi connectivity index (χ3v) is 8.58. The molecular formula is C32H32F3N5O3. The summed E-state index contributed by atoms with van der Waals surface area (Å²) in [5.41, 5.74) is 1.74. The molecule has 3 heterocycles. The first-order valence-corrected chi connectivity index (χ1v) is 14.4. The Balaban J connectivity index is 1.43. The van der Waals surface area contributed by atoms with Gasteiger partial charge in [-0.2, -0.15) is 9.61 Å². The number of carbonyl (C=O) groups is 2. The van der Waals surface area contributed by atoms with Crippen molar-refractivity contribution in [3.05, 3.63) is 83.3 Å². The molecule has 2 fully saturated rings. The largest absolute Gasteiger partial charge is 0.481 e. The monoisotopic (exact) mass is 591 g/mol. The van der Waals surface area contributed by atoms with Crippen molar-refractivity contribution >= 4 is 23.3 Å². The zero-order valence-corrected chi connectivity index (χ0v) is 24.0. The second-order valence-corrected chi connectivity index (χ2v) is 12.0. The van der Waals surface area contributed by atoms with Crippen LogP contribution in [-0.4, -0.2) is 56.1 Å². The van der Waals surface area contributed by atoms with Gasteiger partial charge in [0.1, 0.15) is 5.82 Å². The van der Waals surface area contributed by atoms with Crippen LogP contribution < -0.4 is 4.90 Å². The molecule has 43 heavy (non-hydrogen) atoms. The molecule has 1 saturated heterocycles. The van der Waals surface area contributed by atoms with Crippen LogP contribution in [0, 0.1) is 41.1 Å². The Bertz CT molecular complexity index is 1670. The molecule has 0 spiro atoms. The summed E-state index contributed by atoms with van der Waals surface area (Å²) >= 11 is 0. The van der Waals surface area contributed by atoms with E-state index in [-0.39, 0.29) is 59.0 Å². The van der Waals surface area contributed by atoms with Crippen LogP contribution in [0.4, 0.5) is 19.0 Å². The molecule has 8 nitrogen and oxygen atoms in total. The number of anilines is 1. The topological polar surface area (TPSA) is 91.0 Å². The molecule has 4 atom stereocenters. The summed E-state index contributed by atoms with van der Waals surface area (Å²) in [6.45, 7) is 7.72. The smallest absolute Gasteiger partial charge is 0.303 e. The van der Waals surface area contributed by atoms with Crippen molar-refractivity contribution in [1.29, 1.82) is 0 Å². The van der Waals surface area contributed by atoms with Crippen LogP contribution in [0.2, 0.25) is 0 Å². The predicted molar refractivity (Wildman–Crippen MR) is 154 cm³/mol. The Morgan fingerprint density at radius 2 is 1.65 bits per heavy atom. The maximum Gasteiger partial charge on any atom is 0.303 e. The second kappa shape index (κ2) is 11.0. The number of likely N-dealkylation sites (tertiary alicyclic amines) is 1. The van der Waals surface area contributed by atoms with Crippen molar-refractivity contribution < 1.29 is 27.9 Å². The Labute approximate surface area is 246 Å². The summed E-state index contributed by atoms with van der Waals surface area (Å²) in [5.74, 6) is -4.11. The fourth-order valence-corrected chi connectivity index (χ4v) is 6.36. The van der Waals surface area contributed by atoms with Gasteiger partial charge in [-0.1, -0.05) is 44.2 Å². The fraction of sp³-hybridized carbons (Fsp3) is 0.375. The number of aromatic nitrogens is 3. The van der Waals surface area contributed by atoms with E-state index in [4.69, 9.17) is 5.11 Å². The molecular weight excluding hydrogens is 559 g/mol. The molecule has 0 radical (unpaired) electrons. The standard InChI is InChI=1S/C32H32F3N5O3/c1-17(2)14-39(18(3)19-7-5-4-6-8-19)29-13-26(20-9-24(33)31(35)25(34)10-20)36-28-12-27(37-40(28)29)32(43)38-15-22-21(11-30(41)42)23(22)16-38/h4-10,12-13,17-18,21-23H,11,14-16H2,1-3H3,(H,41,42)/t18-,21?,22+,23?/m0/s1. The Morgan fingerprint density at radius 3 is 2.26 bits per heavy atom. The van der Waals surface area contributed by atoms with Crippen molar-refractivity contribution in [3.63, 3.8) is 0 Å². The summed E-state index contributed by atoms with van der Waals surface area (Å²) < 4.78 is 43.9. The number of nitrogens with zero attached hydrogens (tertiary/aromatic N) is 5. The average molecular weight is 592 g/mol. The number of hydrogen-bond acceptors (Lipinski definition) is 5. The lowest BCUT2D eigenvalue weighted by Gasteiger charge is -2.33. The number of carboxylic acids is 1. The van der Waals surface area contributed by atoms with E-state index >= 15 is 0 Å². The van der Waals surface area contributed by atoms with E-state index in [1.54, 1.807) is 21.5 Å². The van der Waals surface area contributed by atoms with Gasteiger partial charge in [0, 0.05) is 43.8 Å². The Morgan fingerprint density at radius 1 is 1.00 bits per heavy atom. The van der Waals surface area contributed by atoms with Crippen molar-refractivity contribution in [1.82, 2.24) is 19.5 Å². The molecule has 1 amide bonds. The van der Waals surface area contributed by atoms with Gasteiger partial charge in [0.05, 0.1) is 11.7 Å². The van der Waals surface area contributed by atoms with E-state index in [0.29, 0.717) is 31.1 Å². The van der Waals surface area contributed by atoms with Gasteiger partial charge in [-0.15, -0.1) is 0 Å². The molecule has 4 aromatic rings. The lowest BCUT2D eigenvalue weighted by atomic mass is 10.0. The number of amides is 1.